The molecule has 1 aliphatic heterocycles. The summed E-state index contributed by atoms with van der Waals surface area (Å²) in [6.07, 6.45) is 1.87. The predicted molar refractivity (Wildman–Crippen MR) is 116 cm³/mol. The van der Waals surface area contributed by atoms with E-state index in [4.69, 9.17) is 9.73 Å². The van der Waals surface area contributed by atoms with Crippen LogP contribution in [0.15, 0.2) is 94.8 Å². The van der Waals surface area contributed by atoms with Gasteiger partial charge in [-0.1, -0.05) is 48.5 Å². The third kappa shape index (κ3) is 3.85. The molecule has 5 heteroatoms. The Kier molecular flexibility index (Phi) is 5.26. The summed E-state index contributed by atoms with van der Waals surface area (Å²) in [5.74, 6) is 0.664. The van der Waals surface area contributed by atoms with Crippen LogP contribution in [-0.2, 0) is 4.79 Å². The highest BCUT2D eigenvalue weighted by Gasteiger charge is 2.34. The molecule has 0 aliphatic carbocycles. The lowest BCUT2D eigenvalue weighted by Gasteiger charge is -2.15. The molecule has 4 nitrogen and oxygen atoms in total. The fourth-order valence-corrected chi connectivity index (χ4v) is 3.85. The van der Waals surface area contributed by atoms with Gasteiger partial charge in [0.2, 0.25) is 0 Å². The maximum Gasteiger partial charge on any atom is 0.271 e. The van der Waals surface area contributed by atoms with Crippen LogP contribution in [0.1, 0.15) is 5.56 Å². The molecular weight excluding hydrogens is 368 g/mol. The van der Waals surface area contributed by atoms with E-state index in [1.54, 1.807) is 12.0 Å². The van der Waals surface area contributed by atoms with Crippen molar-refractivity contribution in [2.45, 2.75) is 0 Å². The van der Waals surface area contributed by atoms with Crippen LogP contribution >= 0.6 is 11.8 Å². The Labute approximate surface area is 168 Å². The first-order valence-corrected chi connectivity index (χ1v) is 9.63. The van der Waals surface area contributed by atoms with Gasteiger partial charge in [-0.15, -0.1) is 0 Å². The third-order valence-corrected chi connectivity index (χ3v) is 5.16. The number of hydrogen-bond donors (Lipinski definition) is 0. The third-order valence-electron chi connectivity index (χ3n) is 4.19. The van der Waals surface area contributed by atoms with Crippen LogP contribution in [0.5, 0.6) is 5.75 Å². The average molecular weight is 386 g/mol. The molecule has 0 radical (unpaired) electrons. The van der Waals surface area contributed by atoms with Gasteiger partial charge in [-0.3, -0.25) is 9.69 Å². The number of amidine groups is 1. The summed E-state index contributed by atoms with van der Waals surface area (Å²) in [5, 5.41) is 0.636. The van der Waals surface area contributed by atoms with Gasteiger partial charge in [-0.05, 0) is 59.8 Å². The minimum Gasteiger partial charge on any atom is -0.497 e. The Morgan fingerprint density at radius 1 is 0.929 bits per heavy atom. The number of amides is 1. The normalized spacial score (nSPS) is 16.8. The van der Waals surface area contributed by atoms with E-state index in [-0.39, 0.29) is 5.91 Å². The van der Waals surface area contributed by atoms with Gasteiger partial charge in [0, 0.05) is 0 Å². The molecule has 0 unspecified atom stereocenters. The Hall–Kier alpha value is -3.31. The average Bonchev–Trinajstić information content (AvgIpc) is 3.04. The van der Waals surface area contributed by atoms with E-state index in [1.165, 1.54) is 11.8 Å². The Morgan fingerprint density at radius 2 is 1.64 bits per heavy atom. The van der Waals surface area contributed by atoms with Gasteiger partial charge in [0.1, 0.15) is 5.75 Å². The predicted octanol–water partition coefficient (Wildman–Crippen LogP) is 5.50. The van der Waals surface area contributed by atoms with Crippen molar-refractivity contribution in [2.75, 3.05) is 12.0 Å². The lowest BCUT2D eigenvalue weighted by molar-refractivity contribution is -0.113. The minimum atomic E-state index is -0.0892. The van der Waals surface area contributed by atoms with Gasteiger partial charge in [0.05, 0.1) is 23.4 Å². The first-order chi connectivity index (χ1) is 13.7. The zero-order chi connectivity index (χ0) is 19.3. The van der Waals surface area contributed by atoms with Gasteiger partial charge >= 0.3 is 0 Å². The van der Waals surface area contributed by atoms with Crippen molar-refractivity contribution < 1.29 is 9.53 Å². The van der Waals surface area contributed by atoms with Crippen molar-refractivity contribution in [3.05, 3.63) is 95.4 Å². The van der Waals surface area contributed by atoms with E-state index in [2.05, 4.69) is 0 Å². The van der Waals surface area contributed by atoms with Gasteiger partial charge in [0.15, 0.2) is 5.17 Å². The highest BCUT2D eigenvalue weighted by atomic mass is 32.2. The molecule has 3 aromatic rings. The molecule has 1 amide bonds. The molecule has 0 spiro atoms. The maximum absolute atomic E-state index is 13.2. The fraction of sp³-hybridized carbons (Fsp3) is 0.0435. The van der Waals surface area contributed by atoms with E-state index in [0.717, 1.165) is 22.7 Å². The monoisotopic (exact) mass is 386 g/mol. The van der Waals surface area contributed by atoms with Crippen molar-refractivity contribution in [1.29, 1.82) is 0 Å². The molecule has 0 bridgehead atoms. The topological polar surface area (TPSA) is 41.9 Å². The van der Waals surface area contributed by atoms with Crippen LogP contribution in [0.25, 0.3) is 6.08 Å². The molecule has 28 heavy (non-hydrogen) atoms. The molecule has 1 fully saturated rings. The molecule has 1 saturated heterocycles. The number of nitrogens with zero attached hydrogens (tertiary/aromatic N) is 2. The number of benzene rings is 3. The van der Waals surface area contributed by atoms with Crippen LogP contribution in [0.3, 0.4) is 0 Å². The quantitative estimate of drug-likeness (QED) is 0.556. The number of methoxy groups -OCH3 is 1. The van der Waals surface area contributed by atoms with E-state index < -0.39 is 0 Å². The van der Waals surface area contributed by atoms with Crippen molar-refractivity contribution in [3.63, 3.8) is 0 Å². The fourth-order valence-electron chi connectivity index (χ4n) is 2.85. The molecule has 0 atom stereocenters. The first-order valence-electron chi connectivity index (χ1n) is 8.81. The summed E-state index contributed by atoms with van der Waals surface area (Å²) >= 11 is 1.37. The van der Waals surface area contributed by atoms with Crippen LogP contribution < -0.4 is 9.64 Å². The van der Waals surface area contributed by atoms with Crippen LogP contribution in [0, 0.1) is 0 Å². The summed E-state index contributed by atoms with van der Waals surface area (Å²) in [5.41, 5.74) is 2.51. The molecule has 1 aliphatic rings. The molecule has 138 valence electrons. The molecule has 3 aromatic carbocycles. The van der Waals surface area contributed by atoms with Crippen molar-refractivity contribution in [2.24, 2.45) is 4.99 Å². The highest BCUT2D eigenvalue weighted by Crippen LogP contribution is 2.37. The van der Waals surface area contributed by atoms with Gasteiger partial charge in [-0.2, -0.15) is 0 Å². The molecule has 0 saturated carbocycles. The number of thioether (sulfide) groups is 1. The Bertz CT molecular complexity index is 1050. The van der Waals surface area contributed by atoms with Gasteiger partial charge in [0.25, 0.3) is 5.91 Å². The summed E-state index contributed by atoms with van der Waals surface area (Å²) in [4.78, 5) is 20.2. The van der Waals surface area contributed by atoms with Crippen molar-refractivity contribution in [3.8, 4) is 5.75 Å². The zero-order valence-corrected chi connectivity index (χ0v) is 16.1. The number of ether oxygens (including phenoxy) is 1. The first kappa shape index (κ1) is 18.1. The summed E-state index contributed by atoms with van der Waals surface area (Å²) in [6.45, 7) is 0. The smallest absolute Gasteiger partial charge is 0.271 e. The number of carbonyl (C=O) groups excluding carboxylic acids is 1. The largest absolute Gasteiger partial charge is 0.497 e. The lowest BCUT2D eigenvalue weighted by Crippen LogP contribution is -2.28. The number of rotatable bonds is 4. The molecule has 0 aromatic heterocycles. The standard InChI is InChI=1S/C23H18N2O2S/c1-27-20-14-8-9-17(15-20)16-21-22(26)25(19-12-6-3-7-13-19)23(28-21)24-18-10-4-2-5-11-18/h2-16H,1H3/b21-16-,24-23?. The second kappa shape index (κ2) is 8.15. The number of anilines is 1. The van der Waals surface area contributed by atoms with E-state index >= 15 is 0 Å². The zero-order valence-electron chi connectivity index (χ0n) is 15.3. The van der Waals surface area contributed by atoms with Crippen LogP contribution in [0.2, 0.25) is 0 Å². The maximum atomic E-state index is 13.2. The molecule has 1 heterocycles. The van der Waals surface area contributed by atoms with Gasteiger partial charge < -0.3 is 4.74 Å². The molecule has 0 N–H and O–H groups in total. The Balaban J connectivity index is 1.76. The second-order valence-corrected chi connectivity index (χ2v) is 7.10. The summed E-state index contributed by atoms with van der Waals surface area (Å²) in [7, 11) is 1.63. The Morgan fingerprint density at radius 3 is 2.36 bits per heavy atom. The van der Waals surface area contributed by atoms with Crippen LogP contribution in [-0.4, -0.2) is 18.2 Å². The lowest BCUT2D eigenvalue weighted by atomic mass is 10.2. The van der Waals surface area contributed by atoms with Crippen LogP contribution in [0.4, 0.5) is 11.4 Å². The highest BCUT2D eigenvalue weighted by molar-refractivity contribution is 8.19. The number of para-hydroxylation sites is 2. The number of aliphatic imine (C=N–C) groups is 1. The van der Waals surface area contributed by atoms with Crippen molar-refractivity contribution >= 4 is 40.3 Å². The minimum absolute atomic E-state index is 0.0892. The molecular formula is C23H18N2O2S. The number of hydrogen-bond acceptors (Lipinski definition) is 4. The summed E-state index contributed by atoms with van der Waals surface area (Å²) < 4.78 is 5.28. The van der Waals surface area contributed by atoms with E-state index in [1.807, 2.05) is 91.0 Å². The van der Waals surface area contributed by atoms with Crippen molar-refractivity contribution in [1.82, 2.24) is 0 Å². The van der Waals surface area contributed by atoms with Gasteiger partial charge in [-0.25, -0.2) is 4.99 Å². The second-order valence-electron chi connectivity index (χ2n) is 6.09. The van der Waals surface area contributed by atoms with E-state index in [9.17, 15) is 4.79 Å². The molecule has 4 rings (SSSR count). The summed E-state index contributed by atoms with van der Waals surface area (Å²) in [6, 6.07) is 26.9. The SMILES string of the molecule is COc1cccc(/C=C2\SC(=Nc3ccccc3)N(c3ccccc3)C2=O)c1. The number of carbonyl (C=O) groups is 1. The van der Waals surface area contributed by atoms with E-state index in [0.29, 0.717) is 10.1 Å².